The van der Waals surface area contributed by atoms with Crippen molar-refractivity contribution >= 4 is 23.4 Å². The predicted molar refractivity (Wildman–Crippen MR) is 95.8 cm³/mol. The van der Waals surface area contributed by atoms with Crippen LogP contribution < -0.4 is 10.6 Å². The molecule has 132 valence electrons. The molecule has 0 aliphatic carbocycles. The summed E-state index contributed by atoms with van der Waals surface area (Å²) in [6, 6.07) is 11.7. The minimum atomic E-state index is -0.708. The molecule has 0 aromatic heterocycles. The first-order chi connectivity index (χ1) is 11.9. The van der Waals surface area contributed by atoms with E-state index in [-0.39, 0.29) is 18.4 Å². The van der Waals surface area contributed by atoms with Crippen molar-refractivity contribution in [2.45, 2.75) is 26.4 Å². The smallest absolute Gasteiger partial charge is 0.251 e. The van der Waals surface area contributed by atoms with Crippen molar-refractivity contribution in [1.29, 1.82) is 0 Å². The number of hydrogen-bond acceptors (Lipinski definition) is 2. The molecule has 0 aliphatic heterocycles. The summed E-state index contributed by atoms with van der Waals surface area (Å²) >= 11 is 6.08. The van der Waals surface area contributed by atoms with Gasteiger partial charge in [0.1, 0.15) is 11.9 Å². The summed E-state index contributed by atoms with van der Waals surface area (Å²) in [6.07, 6.45) is 0. The molecule has 0 saturated heterocycles. The zero-order chi connectivity index (χ0) is 18.4. The molecule has 0 heterocycles. The number of carbonyl (C=O) groups is 2. The normalized spacial score (nSPS) is 11.9. The molecular formula is C19H20ClFN2O2. The highest BCUT2D eigenvalue weighted by molar-refractivity contribution is 6.31. The first kappa shape index (κ1) is 18.9. The molecule has 2 amide bonds. The Bertz CT molecular complexity index is 747. The van der Waals surface area contributed by atoms with Gasteiger partial charge < -0.3 is 10.6 Å². The number of benzene rings is 2. The van der Waals surface area contributed by atoms with Crippen LogP contribution in [0.1, 0.15) is 29.8 Å². The van der Waals surface area contributed by atoms with Crippen molar-refractivity contribution in [3.8, 4) is 0 Å². The fourth-order valence-electron chi connectivity index (χ4n) is 2.29. The Morgan fingerprint density at radius 1 is 1.08 bits per heavy atom. The van der Waals surface area contributed by atoms with Gasteiger partial charge in [0.15, 0.2) is 0 Å². The van der Waals surface area contributed by atoms with Crippen molar-refractivity contribution in [3.05, 3.63) is 70.5 Å². The summed E-state index contributed by atoms with van der Waals surface area (Å²) in [4.78, 5) is 24.7. The van der Waals surface area contributed by atoms with Crippen molar-refractivity contribution < 1.29 is 14.0 Å². The van der Waals surface area contributed by atoms with Crippen LogP contribution in [0.25, 0.3) is 0 Å². The Hall–Kier alpha value is -2.40. The first-order valence-electron chi connectivity index (χ1n) is 7.96. The van der Waals surface area contributed by atoms with Crippen LogP contribution >= 0.6 is 11.6 Å². The minimum absolute atomic E-state index is 0.115. The van der Waals surface area contributed by atoms with Crippen LogP contribution in [0.4, 0.5) is 4.39 Å². The summed E-state index contributed by atoms with van der Waals surface area (Å²) in [5.41, 5.74) is 1.09. The standard InChI is InChI=1S/C19H20ClFN2O2/c1-12(2)17(23-18(24)13-7-9-15(21)10-8-13)19(25)22-11-14-5-3-4-6-16(14)20/h3-10,12,17H,11H2,1-2H3,(H,22,25)(H,23,24). The van der Waals surface area contributed by atoms with Crippen LogP contribution in [0.3, 0.4) is 0 Å². The molecule has 0 spiro atoms. The van der Waals surface area contributed by atoms with Gasteiger partial charge in [0.25, 0.3) is 5.91 Å². The Kier molecular flexibility index (Phi) is 6.53. The second kappa shape index (κ2) is 8.62. The predicted octanol–water partition coefficient (Wildman–Crippen LogP) is 3.55. The van der Waals surface area contributed by atoms with E-state index in [0.29, 0.717) is 10.6 Å². The third-order valence-electron chi connectivity index (χ3n) is 3.75. The molecule has 0 aliphatic rings. The van der Waals surface area contributed by atoms with Crippen molar-refractivity contribution in [3.63, 3.8) is 0 Å². The fourth-order valence-corrected chi connectivity index (χ4v) is 2.50. The average Bonchev–Trinajstić information content (AvgIpc) is 2.58. The lowest BCUT2D eigenvalue weighted by molar-refractivity contribution is -0.124. The number of nitrogens with one attached hydrogen (secondary N) is 2. The Labute approximate surface area is 151 Å². The highest BCUT2D eigenvalue weighted by Gasteiger charge is 2.24. The quantitative estimate of drug-likeness (QED) is 0.825. The van der Waals surface area contributed by atoms with Crippen LogP contribution in [0.15, 0.2) is 48.5 Å². The molecule has 0 radical (unpaired) electrons. The van der Waals surface area contributed by atoms with E-state index in [4.69, 9.17) is 11.6 Å². The van der Waals surface area contributed by atoms with Crippen molar-refractivity contribution in [1.82, 2.24) is 10.6 Å². The van der Waals surface area contributed by atoms with Gasteiger partial charge in [0.05, 0.1) is 0 Å². The van der Waals surface area contributed by atoms with Crippen molar-refractivity contribution in [2.75, 3.05) is 0 Å². The molecule has 25 heavy (non-hydrogen) atoms. The number of hydrogen-bond donors (Lipinski definition) is 2. The molecule has 6 heteroatoms. The molecule has 2 rings (SSSR count). The van der Waals surface area contributed by atoms with Gasteiger partial charge in [-0.25, -0.2) is 4.39 Å². The number of rotatable bonds is 6. The summed E-state index contributed by atoms with van der Waals surface area (Å²) in [5.74, 6) is -1.26. The van der Waals surface area contributed by atoms with E-state index in [2.05, 4.69) is 10.6 Å². The largest absolute Gasteiger partial charge is 0.350 e. The van der Waals surface area contributed by atoms with Crippen LogP contribution in [-0.2, 0) is 11.3 Å². The third-order valence-corrected chi connectivity index (χ3v) is 4.12. The maximum Gasteiger partial charge on any atom is 0.251 e. The SMILES string of the molecule is CC(C)C(NC(=O)c1ccc(F)cc1)C(=O)NCc1ccccc1Cl. The number of halogens is 2. The van der Waals surface area contributed by atoms with Gasteiger partial charge in [-0.1, -0.05) is 43.6 Å². The van der Waals surface area contributed by atoms with Gasteiger partial charge in [0.2, 0.25) is 5.91 Å². The average molecular weight is 363 g/mol. The molecule has 0 fully saturated rings. The lowest BCUT2D eigenvalue weighted by Gasteiger charge is -2.22. The topological polar surface area (TPSA) is 58.2 Å². The molecular weight excluding hydrogens is 343 g/mol. The van der Waals surface area contributed by atoms with Crippen molar-refractivity contribution in [2.24, 2.45) is 5.92 Å². The summed E-state index contributed by atoms with van der Waals surface area (Å²) in [6.45, 7) is 3.95. The van der Waals surface area contributed by atoms with Gasteiger partial charge in [-0.15, -0.1) is 0 Å². The Morgan fingerprint density at radius 3 is 2.32 bits per heavy atom. The van der Waals surface area contributed by atoms with Gasteiger partial charge in [-0.2, -0.15) is 0 Å². The van der Waals surface area contributed by atoms with E-state index in [1.807, 2.05) is 32.0 Å². The van der Waals surface area contributed by atoms with Crippen LogP contribution in [0.2, 0.25) is 5.02 Å². The van der Waals surface area contributed by atoms with E-state index in [9.17, 15) is 14.0 Å². The van der Waals surface area contributed by atoms with E-state index in [1.165, 1.54) is 24.3 Å². The maximum atomic E-state index is 13.0. The summed E-state index contributed by atoms with van der Waals surface area (Å²) in [7, 11) is 0. The van der Waals surface area contributed by atoms with E-state index < -0.39 is 17.8 Å². The Morgan fingerprint density at radius 2 is 1.72 bits per heavy atom. The molecule has 0 saturated carbocycles. The van der Waals surface area contributed by atoms with Crippen LogP contribution in [0.5, 0.6) is 0 Å². The maximum absolute atomic E-state index is 13.0. The second-order valence-corrected chi connectivity index (χ2v) is 6.42. The highest BCUT2D eigenvalue weighted by atomic mass is 35.5. The van der Waals surface area contributed by atoms with E-state index in [1.54, 1.807) is 6.07 Å². The molecule has 4 nitrogen and oxygen atoms in total. The second-order valence-electron chi connectivity index (χ2n) is 6.01. The fraction of sp³-hybridized carbons (Fsp3) is 0.263. The van der Waals surface area contributed by atoms with Gasteiger partial charge >= 0.3 is 0 Å². The molecule has 1 unspecified atom stereocenters. The molecule has 2 N–H and O–H groups in total. The summed E-state index contributed by atoms with van der Waals surface area (Å²) < 4.78 is 13.0. The summed E-state index contributed by atoms with van der Waals surface area (Å²) in [5, 5.41) is 6.05. The van der Waals surface area contributed by atoms with Gasteiger partial charge in [-0.3, -0.25) is 9.59 Å². The highest BCUT2D eigenvalue weighted by Crippen LogP contribution is 2.14. The number of amides is 2. The molecule has 2 aromatic carbocycles. The Balaban J connectivity index is 2.01. The molecule has 0 bridgehead atoms. The van der Waals surface area contributed by atoms with E-state index in [0.717, 1.165) is 5.56 Å². The lowest BCUT2D eigenvalue weighted by Crippen LogP contribution is -2.49. The minimum Gasteiger partial charge on any atom is -0.350 e. The number of carbonyl (C=O) groups excluding carboxylic acids is 2. The van der Waals surface area contributed by atoms with Gasteiger partial charge in [0, 0.05) is 17.1 Å². The first-order valence-corrected chi connectivity index (χ1v) is 8.34. The zero-order valence-corrected chi connectivity index (χ0v) is 14.8. The molecule has 1 atom stereocenters. The monoisotopic (exact) mass is 362 g/mol. The lowest BCUT2D eigenvalue weighted by atomic mass is 10.0. The zero-order valence-electron chi connectivity index (χ0n) is 14.1. The van der Waals surface area contributed by atoms with E-state index >= 15 is 0 Å². The van der Waals surface area contributed by atoms with Crippen LogP contribution in [-0.4, -0.2) is 17.9 Å². The van der Waals surface area contributed by atoms with Gasteiger partial charge in [-0.05, 0) is 41.8 Å². The van der Waals surface area contributed by atoms with Crippen LogP contribution in [0, 0.1) is 11.7 Å². The molecule has 2 aromatic rings. The third kappa shape index (κ3) is 5.29.